The van der Waals surface area contributed by atoms with Gasteiger partial charge in [0.05, 0.1) is 12.8 Å². The predicted octanol–water partition coefficient (Wildman–Crippen LogP) is 1.49. The summed E-state index contributed by atoms with van der Waals surface area (Å²) in [7, 11) is 1.63. The Morgan fingerprint density at radius 2 is 2.08 bits per heavy atom. The predicted molar refractivity (Wildman–Crippen MR) is 94.8 cm³/mol. The molecule has 0 radical (unpaired) electrons. The molecule has 6 heteroatoms. The molecular formula is C19H23N3O3. The molecule has 0 fully saturated rings. The van der Waals surface area contributed by atoms with Gasteiger partial charge >= 0.3 is 0 Å². The summed E-state index contributed by atoms with van der Waals surface area (Å²) in [4.78, 5) is 24.2. The number of methoxy groups -OCH3 is 1. The first kappa shape index (κ1) is 17.2. The third-order valence-corrected chi connectivity index (χ3v) is 4.48. The van der Waals surface area contributed by atoms with Crippen molar-refractivity contribution in [1.82, 2.24) is 15.1 Å². The first-order valence-corrected chi connectivity index (χ1v) is 8.66. The summed E-state index contributed by atoms with van der Waals surface area (Å²) in [5.41, 5.74) is 2.81. The van der Waals surface area contributed by atoms with Gasteiger partial charge in [-0.25, -0.2) is 4.68 Å². The highest BCUT2D eigenvalue weighted by Gasteiger charge is 2.14. The number of nitrogens with zero attached hydrogens (tertiary/aromatic N) is 2. The van der Waals surface area contributed by atoms with Crippen molar-refractivity contribution in [2.45, 2.75) is 38.6 Å². The van der Waals surface area contributed by atoms with E-state index in [9.17, 15) is 9.59 Å². The summed E-state index contributed by atoms with van der Waals surface area (Å²) < 4.78 is 6.57. The number of amides is 1. The zero-order valence-electron chi connectivity index (χ0n) is 14.5. The molecule has 132 valence electrons. The lowest BCUT2D eigenvalue weighted by Gasteiger charge is -2.15. The molecule has 3 rings (SSSR count). The van der Waals surface area contributed by atoms with Gasteiger partial charge < -0.3 is 10.1 Å². The quantitative estimate of drug-likeness (QED) is 0.864. The van der Waals surface area contributed by atoms with Gasteiger partial charge in [-0.3, -0.25) is 9.59 Å². The Kier molecular flexibility index (Phi) is 5.48. The zero-order valence-corrected chi connectivity index (χ0v) is 14.5. The highest BCUT2D eigenvalue weighted by molar-refractivity contribution is 5.75. The van der Waals surface area contributed by atoms with Gasteiger partial charge in [0.25, 0.3) is 5.56 Å². The minimum absolute atomic E-state index is 0.0436. The van der Waals surface area contributed by atoms with Gasteiger partial charge in [0, 0.05) is 12.6 Å². The Morgan fingerprint density at radius 3 is 2.92 bits per heavy atom. The molecule has 0 atom stereocenters. The van der Waals surface area contributed by atoms with E-state index in [1.165, 1.54) is 4.68 Å². The fraction of sp³-hybridized carbons (Fsp3) is 0.421. The number of rotatable bonds is 6. The number of carbonyl (C=O) groups excluding carboxylic acids is 1. The van der Waals surface area contributed by atoms with Crippen molar-refractivity contribution >= 4 is 5.91 Å². The molecular weight excluding hydrogens is 318 g/mol. The minimum Gasteiger partial charge on any atom is -0.496 e. The van der Waals surface area contributed by atoms with Crippen molar-refractivity contribution in [2.75, 3.05) is 13.7 Å². The molecule has 0 saturated heterocycles. The monoisotopic (exact) mass is 341 g/mol. The average Bonchev–Trinajstić information content (AvgIpc) is 2.63. The second-order valence-electron chi connectivity index (χ2n) is 6.23. The maximum absolute atomic E-state index is 12.1. The number of hydrogen-bond donors (Lipinski definition) is 1. The number of ether oxygens (including phenoxy) is 1. The van der Waals surface area contributed by atoms with Crippen molar-refractivity contribution in [3.8, 4) is 5.75 Å². The first-order chi connectivity index (χ1) is 12.2. The largest absolute Gasteiger partial charge is 0.496 e. The van der Waals surface area contributed by atoms with Crippen molar-refractivity contribution in [3.05, 3.63) is 57.5 Å². The Hall–Kier alpha value is -2.63. The second kappa shape index (κ2) is 7.96. The van der Waals surface area contributed by atoms with E-state index in [2.05, 4.69) is 10.4 Å². The molecule has 6 nitrogen and oxygen atoms in total. The molecule has 25 heavy (non-hydrogen) atoms. The van der Waals surface area contributed by atoms with Crippen LogP contribution in [-0.2, 0) is 30.6 Å². The number of aromatic nitrogens is 2. The molecule has 1 aliphatic rings. The number of para-hydroxylation sites is 1. The average molecular weight is 341 g/mol. The van der Waals surface area contributed by atoms with Gasteiger partial charge in [-0.1, -0.05) is 18.2 Å². The molecule has 0 spiro atoms. The van der Waals surface area contributed by atoms with Gasteiger partial charge in [0.2, 0.25) is 5.91 Å². The SMILES string of the molecule is COc1ccccc1CCNC(=O)Cn1nc2c(cc1=O)CCCC2. The van der Waals surface area contributed by atoms with Crippen LogP contribution in [0.15, 0.2) is 35.1 Å². The van der Waals surface area contributed by atoms with E-state index in [1.807, 2.05) is 24.3 Å². The van der Waals surface area contributed by atoms with E-state index in [0.29, 0.717) is 13.0 Å². The molecule has 1 amide bonds. The summed E-state index contributed by atoms with van der Waals surface area (Å²) >= 11 is 0. The molecule has 0 unspecified atom stereocenters. The molecule has 2 aromatic rings. The Bertz CT molecular complexity index is 814. The minimum atomic E-state index is -0.208. The number of carbonyl (C=O) groups is 1. The van der Waals surface area contributed by atoms with E-state index in [1.54, 1.807) is 13.2 Å². The summed E-state index contributed by atoms with van der Waals surface area (Å²) in [5.74, 6) is 0.601. The molecule has 1 aromatic carbocycles. The fourth-order valence-electron chi connectivity index (χ4n) is 3.15. The molecule has 0 bridgehead atoms. The lowest BCUT2D eigenvalue weighted by atomic mass is 9.97. The van der Waals surface area contributed by atoms with Crippen LogP contribution >= 0.6 is 0 Å². The van der Waals surface area contributed by atoms with Crippen LogP contribution in [0.1, 0.15) is 29.7 Å². The summed E-state index contributed by atoms with van der Waals surface area (Å²) in [6.45, 7) is 0.441. The van der Waals surface area contributed by atoms with Crippen LogP contribution in [-0.4, -0.2) is 29.3 Å². The van der Waals surface area contributed by atoms with Crippen LogP contribution in [0.3, 0.4) is 0 Å². The molecule has 1 N–H and O–H groups in total. The number of hydrogen-bond acceptors (Lipinski definition) is 4. The van der Waals surface area contributed by atoms with Crippen molar-refractivity contribution in [2.24, 2.45) is 0 Å². The molecule has 1 aromatic heterocycles. The number of fused-ring (bicyclic) bond motifs is 1. The highest BCUT2D eigenvalue weighted by atomic mass is 16.5. The van der Waals surface area contributed by atoms with Gasteiger partial charge in [0.1, 0.15) is 12.3 Å². The van der Waals surface area contributed by atoms with Crippen LogP contribution in [0.25, 0.3) is 0 Å². The lowest BCUT2D eigenvalue weighted by Crippen LogP contribution is -2.35. The lowest BCUT2D eigenvalue weighted by molar-refractivity contribution is -0.121. The number of aryl methyl sites for hydroxylation is 2. The van der Waals surface area contributed by atoms with Gasteiger partial charge in [-0.05, 0) is 49.3 Å². The fourth-order valence-corrected chi connectivity index (χ4v) is 3.15. The Labute approximate surface area is 146 Å². The topological polar surface area (TPSA) is 73.2 Å². The smallest absolute Gasteiger partial charge is 0.267 e. The third kappa shape index (κ3) is 4.26. The molecule has 0 aliphatic heterocycles. The van der Waals surface area contributed by atoms with Crippen LogP contribution in [0.2, 0.25) is 0 Å². The van der Waals surface area contributed by atoms with Crippen molar-refractivity contribution in [1.29, 1.82) is 0 Å². The standard InChI is InChI=1S/C19H23N3O3/c1-25-17-9-5-3-6-14(17)10-11-20-18(23)13-22-19(24)12-15-7-2-4-8-16(15)21-22/h3,5-6,9,12H,2,4,7-8,10-11,13H2,1H3,(H,20,23). The molecule has 1 heterocycles. The third-order valence-electron chi connectivity index (χ3n) is 4.48. The highest BCUT2D eigenvalue weighted by Crippen LogP contribution is 2.17. The Morgan fingerprint density at radius 1 is 1.28 bits per heavy atom. The second-order valence-corrected chi connectivity index (χ2v) is 6.23. The maximum atomic E-state index is 12.1. The van der Waals surface area contributed by atoms with Crippen molar-refractivity contribution < 1.29 is 9.53 Å². The number of nitrogens with one attached hydrogen (secondary N) is 1. The van der Waals surface area contributed by atoms with E-state index >= 15 is 0 Å². The zero-order chi connectivity index (χ0) is 17.6. The maximum Gasteiger partial charge on any atom is 0.267 e. The summed E-state index contributed by atoms with van der Waals surface area (Å²) in [6.07, 6.45) is 4.64. The summed E-state index contributed by atoms with van der Waals surface area (Å²) in [5, 5.41) is 7.21. The van der Waals surface area contributed by atoms with E-state index < -0.39 is 0 Å². The van der Waals surface area contributed by atoms with Gasteiger partial charge in [0.15, 0.2) is 0 Å². The van der Waals surface area contributed by atoms with Crippen LogP contribution in [0, 0.1) is 0 Å². The first-order valence-electron chi connectivity index (χ1n) is 8.66. The van der Waals surface area contributed by atoms with E-state index in [4.69, 9.17) is 4.74 Å². The Balaban J connectivity index is 1.57. The van der Waals surface area contributed by atoms with Gasteiger partial charge in [-0.15, -0.1) is 0 Å². The number of benzene rings is 1. The van der Waals surface area contributed by atoms with E-state index in [0.717, 1.165) is 48.3 Å². The van der Waals surface area contributed by atoms with Crippen LogP contribution in [0.5, 0.6) is 5.75 Å². The van der Waals surface area contributed by atoms with Gasteiger partial charge in [-0.2, -0.15) is 5.10 Å². The molecule has 1 aliphatic carbocycles. The summed E-state index contributed by atoms with van der Waals surface area (Å²) in [6, 6.07) is 9.35. The normalized spacial score (nSPS) is 13.2. The van der Waals surface area contributed by atoms with Crippen LogP contribution in [0.4, 0.5) is 0 Å². The van der Waals surface area contributed by atoms with E-state index in [-0.39, 0.29) is 18.0 Å². The van der Waals surface area contributed by atoms with Crippen molar-refractivity contribution in [3.63, 3.8) is 0 Å². The molecule has 0 saturated carbocycles. The van der Waals surface area contributed by atoms with Crippen LogP contribution < -0.4 is 15.6 Å².